The minimum absolute atomic E-state index is 0.681. The first-order chi connectivity index (χ1) is 16.8. The molecule has 0 saturated heterocycles. The van der Waals surface area contributed by atoms with Crippen LogP contribution in [0.1, 0.15) is 11.1 Å². The second-order valence-electron chi connectivity index (χ2n) is 9.26. The summed E-state index contributed by atoms with van der Waals surface area (Å²) in [6.07, 6.45) is 6.36. The predicted octanol–water partition coefficient (Wildman–Crippen LogP) is 3.66. The van der Waals surface area contributed by atoms with Crippen molar-refractivity contribution in [1.82, 2.24) is 9.25 Å². The molecule has 158 valence electrons. The summed E-state index contributed by atoms with van der Waals surface area (Å²) in [5, 5.41) is 2.28. The minimum Gasteiger partial charge on any atom is -0.456 e. The minimum atomic E-state index is -1.27. The van der Waals surface area contributed by atoms with Crippen molar-refractivity contribution in [3.8, 4) is 23.0 Å². The Labute approximate surface area is 194 Å². The molecule has 4 aliphatic rings. The molecule has 2 unspecified atom stereocenters. The summed E-state index contributed by atoms with van der Waals surface area (Å²) in [6, 6.07) is 22.8. The zero-order chi connectivity index (χ0) is 21.9. The summed E-state index contributed by atoms with van der Waals surface area (Å²) >= 11 is 0. The Hall–Kier alpha value is -4.23. The molecule has 0 fully saturated rings. The second kappa shape index (κ2) is 4.83. The van der Waals surface area contributed by atoms with E-state index in [0.29, 0.717) is 0 Å². The summed E-state index contributed by atoms with van der Waals surface area (Å²) in [6.45, 7) is 0. The Morgan fingerprint density at radius 1 is 0.794 bits per heavy atom. The van der Waals surface area contributed by atoms with Crippen LogP contribution in [0.5, 0.6) is 11.5 Å². The highest BCUT2D eigenvalue weighted by Gasteiger charge is 2.69. The number of para-hydroxylation sites is 1. The van der Waals surface area contributed by atoms with Gasteiger partial charge < -0.3 is 4.74 Å². The summed E-state index contributed by atoms with van der Waals surface area (Å²) < 4.78 is 29.6. The van der Waals surface area contributed by atoms with E-state index in [1.165, 1.54) is 0 Å². The summed E-state index contributed by atoms with van der Waals surface area (Å²) in [5.74, 6) is 2.68. The summed E-state index contributed by atoms with van der Waals surface area (Å²) in [4.78, 5) is 1.70. The largest absolute Gasteiger partial charge is 0.456 e. The molecule has 2 atom stereocenters. The van der Waals surface area contributed by atoms with Crippen molar-refractivity contribution < 1.29 is 18.2 Å². The Morgan fingerprint density at radius 3 is 2.62 bits per heavy atom. The summed E-state index contributed by atoms with van der Waals surface area (Å²) in [5.41, 5.74) is 4.81. The highest BCUT2D eigenvalue weighted by Crippen LogP contribution is 2.56. The molecule has 3 aromatic heterocycles. The van der Waals surface area contributed by atoms with E-state index in [0.717, 1.165) is 65.7 Å². The molecule has 0 aliphatic carbocycles. The molecule has 10 rings (SSSR count). The van der Waals surface area contributed by atoms with Gasteiger partial charge in [0.15, 0.2) is 16.6 Å². The fraction of sp³-hybridized carbons (Fsp3) is 0.0370. The Bertz CT molecular complexity index is 2030. The van der Waals surface area contributed by atoms with Crippen molar-refractivity contribution in [2.75, 3.05) is 0 Å². The fourth-order valence-electron chi connectivity index (χ4n) is 6.89. The lowest BCUT2D eigenvalue weighted by Crippen LogP contribution is -2.76. The van der Waals surface area contributed by atoms with Gasteiger partial charge in [-0.1, -0.05) is 16.8 Å². The second-order valence-corrected chi connectivity index (χ2v) is 10.7. The van der Waals surface area contributed by atoms with Crippen LogP contribution in [0.15, 0.2) is 95.1 Å². The topological polar surface area (TPSA) is 43.9 Å². The van der Waals surface area contributed by atoms with E-state index >= 15 is 0 Å². The number of benzene rings is 3. The molecule has 34 heavy (non-hydrogen) atoms. The van der Waals surface area contributed by atoms with Crippen LogP contribution < -0.4 is 14.0 Å². The average Bonchev–Trinajstić information content (AvgIpc) is 3.55. The highest BCUT2D eigenvalue weighted by molar-refractivity contribution is 7.85. The van der Waals surface area contributed by atoms with E-state index in [9.17, 15) is 4.21 Å². The van der Waals surface area contributed by atoms with Gasteiger partial charge in [-0.15, -0.1) is 4.68 Å². The number of ether oxygens (including phenoxy) is 1. The van der Waals surface area contributed by atoms with Crippen LogP contribution >= 0.6 is 0 Å². The van der Waals surface area contributed by atoms with E-state index in [1.54, 1.807) is 0 Å². The first kappa shape index (κ1) is 16.4. The number of rotatable bonds is 0. The van der Waals surface area contributed by atoms with Gasteiger partial charge in [0.25, 0.3) is 0 Å². The van der Waals surface area contributed by atoms with Crippen molar-refractivity contribution in [3.05, 3.63) is 96.4 Å². The van der Waals surface area contributed by atoms with Gasteiger partial charge in [0, 0.05) is 16.8 Å². The lowest BCUT2D eigenvalue weighted by molar-refractivity contribution is -0.994. The van der Waals surface area contributed by atoms with Crippen LogP contribution in [-0.2, 0) is 16.5 Å². The molecule has 6 nitrogen and oxygen atoms in total. The molecule has 0 bridgehead atoms. The maximum atomic E-state index is 13.9. The molecule has 0 radical (unpaired) electrons. The molecule has 6 aromatic rings. The van der Waals surface area contributed by atoms with E-state index < -0.39 is 16.5 Å². The first-order valence-corrected chi connectivity index (χ1v) is 12.4. The van der Waals surface area contributed by atoms with Gasteiger partial charge in [-0.05, 0) is 48.5 Å². The standard InChI is InChI=1S/C27H14N4O2S/c32-34-20-8-1-5-15-16-10-11-19-23-25(16)31(24(15)20)26-21(34)9-3-12-28(26)27(23)22-17(6-2-7-18(22)33-19)29-13-4-14-30(27)29/h1-14H/q+2. The van der Waals surface area contributed by atoms with Crippen molar-refractivity contribution in [3.63, 3.8) is 0 Å². The number of fused-ring (bicyclic) bond motifs is 3. The van der Waals surface area contributed by atoms with Gasteiger partial charge in [0.2, 0.25) is 6.20 Å². The Kier molecular flexibility index (Phi) is 2.33. The molecule has 0 N–H and O–H groups in total. The third kappa shape index (κ3) is 1.36. The molecular weight excluding hydrogens is 444 g/mol. The molecule has 0 amide bonds. The van der Waals surface area contributed by atoms with E-state index in [2.05, 4.69) is 73.5 Å². The number of hydrogen-bond donors (Lipinski definition) is 0. The number of nitrogens with zero attached hydrogens (tertiary/aromatic N) is 4. The van der Waals surface area contributed by atoms with Crippen LogP contribution in [0.25, 0.3) is 33.3 Å². The zero-order valence-electron chi connectivity index (χ0n) is 17.6. The number of pyridine rings is 1. The SMILES string of the molecule is O=S1c2ccc[n+]3c2-n2c4c1cccc4c1ccc4c(c12)C31c2c(cccc2-n2ccc[n+]21)O4. The van der Waals surface area contributed by atoms with E-state index in [1.807, 2.05) is 30.3 Å². The highest BCUT2D eigenvalue weighted by atomic mass is 32.2. The lowest BCUT2D eigenvalue weighted by atomic mass is 9.84. The molecule has 4 aliphatic heterocycles. The lowest BCUT2D eigenvalue weighted by Gasteiger charge is -2.33. The van der Waals surface area contributed by atoms with Gasteiger partial charge in [-0.2, -0.15) is 9.13 Å². The van der Waals surface area contributed by atoms with Gasteiger partial charge in [0.1, 0.15) is 27.6 Å². The Morgan fingerprint density at radius 2 is 1.65 bits per heavy atom. The quantitative estimate of drug-likeness (QED) is 0.326. The smallest absolute Gasteiger partial charge is 0.397 e. The first-order valence-electron chi connectivity index (χ1n) is 11.3. The van der Waals surface area contributed by atoms with Crippen molar-refractivity contribution in [2.45, 2.75) is 15.5 Å². The number of hydrogen-bond acceptors (Lipinski definition) is 2. The van der Waals surface area contributed by atoms with Crippen LogP contribution in [0.3, 0.4) is 0 Å². The third-order valence-corrected chi connectivity index (χ3v) is 9.40. The monoisotopic (exact) mass is 458 g/mol. The number of aromatic nitrogens is 4. The van der Waals surface area contributed by atoms with Crippen LogP contribution in [0.2, 0.25) is 0 Å². The fourth-order valence-corrected chi connectivity index (χ4v) is 8.26. The van der Waals surface area contributed by atoms with Gasteiger partial charge in [0.05, 0.1) is 28.1 Å². The molecule has 7 heterocycles. The van der Waals surface area contributed by atoms with Crippen molar-refractivity contribution >= 4 is 32.6 Å². The van der Waals surface area contributed by atoms with Crippen LogP contribution in [0.4, 0.5) is 0 Å². The summed E-state index contributed by atoms with van der Waals surface area (Å²) in [7, 11) is -1.27. The molecule has 0 saturated carbocycles. The van der Waals surface area contributed by atoms with E-state index in [4.69, 9.17) is 4.74 Å². The van der Waals surface area contributed by atoms with Crippen molar-refractivity contribution in [1.29, 1.82) is 0 Å². The zero-order valence-corrected chi connectivity index (χ0v) is 18.4. The normalized spacial score (nSPS) is 21.1. The van der Waals surface area contributed by atoms with Gasteiger partial charge in [-0.25, -0.2) is 4.21 Å². The third-order valence-electron chi connectivity index (χ3n) is 7.95. The predicted molar refractivity (Wildman–Crippen MR) is 123 cm³/mol. The van der Waals surface area contributed by atoms with Crippen LogP contribution in [0, 0.1) is 0 Å². The average molecular weight is 459 g/mol. The molecule has 3 aromatic carbocycles. The van der Waals surface area contributed by atoms with Gasteiger partial charge in [-0.3, -0.25) is 0 Å². The Balaban J connectivity index is 1.61. The molecule has 1 spiro atoms. The van der Waals surface area contributed by atoms with Gasteiger partial charge >= 0.3 is 11.5 Å². The molecular formula is C27H14N4O2S+2. The van der Waals surface area contributed by atoms with E-state index in [-0.39, 0.29) is 0 Å². The molecule has 7 heteroatoms. The van der Waals surface area contributed by atoms with Crippen LogP contribution in [-0.4, -0.2) is 13.5 Å². The maximum absolute atomic E-state index is 13.9. The van der Waals surface area contributed by atoms with Crippen molar-refractivity contribution in [2.24, 2.45) is 0 Å². The maximum Gasteiger partial charge on any atom is 0.397 e.